The number of nitrogens with zero attached hydrogens (tertiary/aromatic N) is 1. The van der Waals surface area contributed by atoms with E-state index in [1.165, 1.54) is 12.5 Å². The molecule has 2 fully saturated rings. The minimum absolute atomic E-state index is 0.0493. The smallest absolute Gasteiger partial charge is 0.184 e. The van der Waals surface area contributed by atoms with Crippen molar-refractivity contribution in [2.45, 2.75) is 51.1 Å². The monoisotopic (exact) mass is 262 g/mol. The van der Waals surface area contributed by atoms with Crippen LogP contribution in [0.3, 0.4) is 0 Å². The van der Waals surface area contributed by atoms with Gasteiger partial charge in [-0.3, -0.25) is 4.79 Å². The van der Waals surface area contributed by atoms with Gasteiger partial charge in [-0.1, -0.05) is 6.42 Å². The van der Waals surface area contributed by atoms with Gasteiger partial charge in [-0.05, 0) is 44.2 Å². The Hall–Kier alpha value is -1.29. The standard InChI is InChI=1S/C15H19FN2O/c1-9-5-11(16)8-17-14(9)15(19)10-6-12-3-2-4-13(7-10)18-12/h5,8,10,12-13,18H,2-4,6-7H2,1H3. The van der Waals surface area contributed by atoms with Crippen molar-refractivity contribution in [1.29, 1.82) is 0 Å². The normalized spacial score (nSPS) is 30.1. The molecule has 2 bridgehead atoms. The molecule has 0 spiro atoms. The number of Topliss-reactive ketones (excluding diaryl/α,β-unsaturated/α-hetero) is 1. The van der Waals surface area contributed by atoms with E-state index in [0.717, 1.165) is 31.9 Å². The number of ketones is 1. The van der Waals surface area contributed by atoms with E-state index in [4.69, 9.17) is 0 Å². The van der Waals surface area contributed by atoms with Crippen LogP contribution in [0, 0.1) is 18.7 Å². The molecule has 0 saturated carbocycles. The molecule has 0 aliphatic carbocycles. The molecule has 0 radical (unpaired) electrons. The van der Waals surface area contributed by atoms with Crippen LogP contribution < -0.4 is 5.32 Å². The topological polar surface area (TPSA) is 42.0 Å². The highest BCUT2D eigenvalue weighted by atomic mass is 19.1. The highest BCUT2D eigenvalue weighted by Gasteiger charge is 2.35. The second-order valence-electron chi connectivity index (χ2n) is 5.84. The second kappa shape index (κ2) is 5.00. The number of pyridine rings is 1. The molecule has 1 aromatic heterocycles. The summed E-state index contributed by atoms with van der Waals surface area (Å²) >= 11 is 0. The molecule has 3 rings (SSSR count). The quantitative estimate of drug-likeness (QED) is 0.833. The number of carbonyl (C=O) groups is 1. The van der Waals surface area contributed by atoms with Crippen LogP contribution in [0.4, 0.5) is 4.39 Å². The summed E-state index contributed by atoms with van der Waals surface area (Å²) in [6.07, 6.45) is 6.52. The molecule has 3 nitrogen and oxygen atoms in total. The summed E-state index contributed by atoms with van der Waals surface area (Å²) in [5, 5.41) is 3.58. The molecule has 1 N–H and O–H groups in total. The molecule has 102 valence electrons. The number of fused-ring (bicyclic) bond motifs is 2. The van der Waals surface area contributed by atoms with Crippen LogP contribution in [0.25, 0.3) is 0 Å². The predicted octanol–water partition coefficient (Wildman–Crippen LogP) is 2.63. The molecule has 2 unspecified atom stereocenters. The number of halogens is 1. The van der Waals surface area contributed by atoms with Crippen molar-refractivity contribution in [3.05, 3.63) is 29.3 Å². The fourth-order valence-electron chi connectivity index (χ4n) is 3.47. The van der Waals surface area contributed by atoms with Gasteiger partial charge in [0, 0.05) is 18.0 Å². The SMILES string of the molecule is Cc1cc(F)cnc1C(=O)C1CC2CCCC(C1)N2. The van der Waals surface area contributed by atoms with Crippen LogP contribution in [-0.4, -0.2) is 22.9 Å². The van der Waals surface area contributed by atoms with Crippen molar-refractivity contribution in [3.8, 4) is 0 Å². The number of hydrogen-bond acceptors (Lipinski definition) is 3. The van der Waals surface area contributed by atoms with Gasteiger partial charge in [-0.25, -0.2) is 9.37 Å². The van der Waals surface area contributed by atoms with Gasteiger partial charge in [0.2, 0.25) is 0 Å². The number of aromatic nitrogens is 1. The average molecular weight is 262 g/mol. The Morgan fingerprint density at radius 2 is 2.05 bits per heavy atom. The molecule has 2 aliphatic heterocycles. The van der Waals surface area contributed by atoms with Crippen molar-refractivity contribution in [1.82, 2.24) is 10.3 Å². The third-order valence-electron chi connectivity index (χ3n) is 4.36. The Bertz CT molecular complexity index is 491. The van der Waals surface area contributed by atoms with Crippen LogP contribution in [0.2, 0.25) is 0 Å². The second-order valence-corrected chi connectivity index (χ2v) is 5.84. The van der Waals surface area contributed by atoms with E-state index in [0.29, 0.717) is 23.3 Å². The molecule has 4 heteroatoms. The third-order valence-corrected chi connectivity index (χ3v) is 4.36. The van der Waals surface area contributed by atoms with E-state index >= 15 is 0 Å². The first-order chi connectivity index (χ1) is 9.13. The van der Waals surface area contributed by atoms with Crippen LogP contribution >= 0.6 is 0 Å². The van der Waals surface area contributed by atoms with Gasteiger partial charge in [0.05, 0.1) is 6.20 Å². The van der Waals surface area contributed by atoms with Gasteiger partial charge in [-0.2, -0.15) is 0 Å². The van der Waals surface area contributed by atoms with E-state index in [1.807, 2.05) is 0 Å². The Kier molecular flexibility index (Phi) is 3.35. The lowest BCUT2D eigenvalue weighted by atomic mass is 9.77. The van der Waals surface area contributed by atoms with Crippen molar-refractivity contribution in [2.75, 3.05) is 0 Å². The first kappa shape index (κ1) is 12.7. The summed E-state index contributed by atoms with van der Waals surface area (Å²) < 4.78 is 13.1. The number of carbonyl (C=O) groups excluding carboxylic acids is 1. The summed E-state index contributed by atoms with van der Waals surface area (Å²) in [7, 11) is 0. The lowest BCUT2D eigenvalue weighted by molar-refractivity contribution is 0.0819. The Balaban J connectivity index is 1.80. The number of hydrogen-bond donors (Lipinski definition) is 1. The molecular weight excluding hydrogens is 243 g/mol. The average Bonchev–Trinajstić information content (AvgIpc) is 2.37. The number of rotatable bonds is 2. The van der Waals surface area contributed by atoms with Crippen LogP contribution in [-0.2, 0) is 0 Å². The Labute approximate surface area is 112 Å². The maximum Gasteiger partial charge on any atom is 0.184 e. The van der Waals surface area contributed by atoms with Gasteiger partial charge in [0.1, 0.15) is 11.5 Å². The first-order valence-electron chi connectivity index (χ1n) is 7.06. The summed E-state index contributed by atoms with van der Waals surface area (Å²) in [5.74, 6) is -0.236. The van der Waals surface area contributed by atoms with E-state index < -0.39 is 0 Å². The first-order valence-corrected chi connectivity index (χ1v) is 7.06. The van der Waals surface area contributed by atoms with Gasteiger partial charge in [0.15, 0.2) is 5.78 Å². The fraction of sp³-hybridized carbons (Fsp3) is 0.600. The zero-order valence-electron chi connectivity index (χ0n) is 11.2. The maximum absolute atomic E-state index is 13.1. The lowest BCUT2D eigenvalue weighted by Crippen LogP contribution is -2.50. The predicted molar refractivity (Wildman–Crippen MR) is 70.5 cm³/mol. The zero-order valence-corrected chi connectivity index (χ0v) is 11.2. The van der Waals surface area contributed by atoms with Crippen LogP contribution in [0.1, 0.15) is 48.2 Å². The highest BCUT2D eigenvalue weighted by Crippen LogP contribution is 2.31. The molecule has 3 heterocycles. The zero-order chi connectivity index (χ0) is 13.4. The molecule has 19 heavy (non-hydrogen) atoms. The maximum atomic E-state index is 13.1. The van der Waals surface area contributed by atoms with Crippen molar-refractivity contribution in [3.63, 3.8) is 0 Å². The molecular formula is C15H19FN2O. The third kappa shape index (κ3) is 2.54. The molecule has 0 amide bonds. The molecule has 2 aliphatic rings. The molecule has 2 atom stereocenters. The minimum Gasteiger partial charge on any atom is -0.311 e. The molecule has 0 aromatic carbocycles. The summed E-state index contributed by atoms with van der Waals surface area (Å²) in [6.45, 7) is 1.76. The van der Waals surface area contributed by atoms with Crippen molar-refractivity contribution >= 4 is 5.78 Å². The highest BCUT2D eigenvalue weighted by molar-refractivity contribution is 5.97. The van der Waals surface area contributed by atoms with Gasteiger partial charge < -0.3 is 5.32 Å². The van der Waals surface area contributed by atoms with Gasteiger partial charge in [0.25, 0.3) is 0 Å². The Morgan fingerprint density at radius 3 is 2.68 bits per heavy atom. The minimum atomic E-state index is -0.378. The Morgan fingerprint density at radius 1 is 1.37 bits per heavy atom. The number of piperidine rings is 2. The van der Waals surface area contributed by atoms with Crippen LogP contribution in [0.15, 0.2) is 12.3 Å². The van der Waals surface area contributed by atoms with E-state index in [2.05, 4.69) is 10.3 Å². The van der Waals surface area contributed by atoms with Crippen molar-refractivity contribution < 1.29 is 9.18 Å². The summed E-state index contributed by atoms with van der Waals surface area (Å²) in [5.41, 5.74) is 1.10. The van der Waals surface area contributed by atoms with E-state index in [1.54, 1.807) is 6.92 Å². The van der Waals surface area contributed by atoms with E-state index in [9.17, 15) is 9.18 Å². The lowest BCUT2D eigenvalue weighted by Gasteiger charge is -2.39. The van der Waals surface area contributed by atoms with E-state index in [-0.39, 0.29) is 17.5 Å². The van der Waals surface area contributed by atoms with Gasteiger partial charge in [-0.15, -0.1) is 0 Å². The molecule has 2 saturated heterocycles. The van der Waals surface area contributed by atoms with Crippen molar-refractivity contribution in [2.24, 2.45) is 5.92 Å². The fourth-order valence-corrected chi connectivity index (χ4v) is 3.47. The summed E-state index contributed by atoms with van der Waals surface area (Å²) in [6, 6.07) is 2.34. The van der Waals surface area contributed by atoms with Crippen LogP contribution in [0.5, 0.6) is 0 Å². The largest absolute Gasteiger partial charge is 0.311 e. The number of nitrogens with one attached hydrogen (secondary N) is 1. The van der Waals surface area contributed by atoms with Gasteiger partial charge >= 0.3 is 0 Å². The number of aryl methyl sites for hydroxylation is 1. The summed E-state index contributed by atoms with van der Waals surface area (Å²) in [4.78, 5) is 16.6. The molecule has 1 aromatic rings.